The van der Waals surface area contributed by atoms with E-state index in [1.807, 2.05) is 18.3 Å². The molecule has 4 rings (SSSR count). The van der Waals surface area contributed by atoms with Crippen LogP contribution in [0.1, 0.15) is 42.3 Å². The van der Waals surface area contributed by atoms with Crippen LogP contribution in [0.4, 0.5) is 5.69 Å². The summed E-state index contributed by atoms with van der Waals surface area (Å²) in [4.78, 5) is 12.1. The van der Waals surface area contributed by atoms with Gasteiger partial charge in [0.05, 0.1) is 11.0 Å². The summed E-state index contributed by atoms with van der Waals surface area (Å²) in [5.74, 6) is -0.435. The van der Waals surface area contributed by atoms with Gasteiger partial charge in [-0.25, -0.2) is 8.42 Å². The minimum absolute atomic E-state index is 0.166. The molecule has 0 bridgehead atoms. The molecule has 0 aliphatic carbocycles. The Morgan fingerprint density at radius 2 is 1.82 bits per heavy atom. The lowest BCUT2D eigenvalue weighted by atomic mass is 9.99. The predicted octanol–water partition coefficient (Wildman–Crippen LogP) is 4.14. The molecule has 10 heteroatoms. The van der Waals surface area contributed by atoms with Crippen molar-refractivity contribution in [2.24, 2.45) is 0 Å². The lowest BCUT2D eigenvalue weighted by Crippen LogP contribution is -2.42. The Hall–Kier alpha value is -4.17. The van der Waals surface area contributed by atoms with E-state index >= 15 is 0 Å². The Kier molecular flexibility index (Phi) is 8.35. The van der Waals surface area contributed by atoms with Gasteiger partial charge in [0, 0.05) is 47.0 Å². The lowest BCUT2D eigenvalue weighted by Gasteiger charge is -2.28. The molecule has 0 radical (unpaired) electrons. The van der Waals surface area contributed by atoms with Crippen LogP contribution in [-0.2, 0) is 16.6 Å². The zero-order valence-electron chi connectivity index (χ0n) is 21.8. The molecule has 0 aliphatic rings. The summed E-state index contributed by atoms with van der Waals surface area (Å²) in [6.07, 6.45) is 3.53. The third-order valence-electron chi connectivity index (χ3n) is 6.53. The topological polar surface area (TPSA) is 136 Å². The Balaban J connectivity index is 1.35. The van der Waals surface area contributed by atoms with Crippen LogP contribution < -0.4 is 15.4 Å². The van der Waals surface area contributed by atoms with Gasteiger partial charge in [-0.15, -0.1) is 0 Å². The van der Waals surface area contributed by atoms with Gasteiger partial charge in [0.15, 0.2) is 6.19 Å². The molecule has 202 valence electrons. The van der Waals surface area contributed by atoms with Crippen LogP contribution in [-0.4, -0.2) is 36.1 Å². The number of β-amino-alcohol motifs (C(OH)–C–C–N with tert-alkyl or cyclic N) is 1. The number of hydrogen-bond donors (Lipinski definition) is 4. The largest absolute Gasteiger partial charge is 0.387 e. The Labute approximate surface area is 228 Å². The van der Waals surface area contributed by atoms with E-state index in [4.69, 9.17) is 5.26 Å². The Bertz CT molecular complexity index is 1610. The maximum Gasteiger partial charge on any atom is 0.264 e. The maximum absolute atomic E-state index is 12.6. The van der Waals surface area contributed by atoms with E-state index < -0.39 is 22.0 Å². The average Bonchev–Trinajstić information content (AvgIpc) is 3.33. The molecule has 1 aromatic heterocycles. The molecule has 0 aliphatic heterocycles. The fraction of sp³-hybridized carbons (Fsp3) is 0.241. The van der Waals surface area contributed by atoms with Crippen molar-refractivity contribution in [1.82, 2.24) is 15.2 Å². The minimum atomic E-state index is -3.73. The summed E-state index contributed by atoms with van der Waals surface area (Å²) in [5, 5.41) is 25.9. The number of aromatic nitrogens is 1. The van der Waals surface area contributed by atoms with Gasteiger partial charge in [0.2, 0.25) is 0 Å². The zero-order valence-corrected chi connectivity index (χ0v) is 22.6. The summed E-state index contributed by atoms with van der Waals surface area (Å²) in [6.45, 7) is 5.10. The summed E-state index contributed by atoms with van der Waals surface area (Å²) in [7, 11) is -3.73. The standard InChI is InChI=1S/C29H31N5O4S/c1-29(2,14-16-34-15-13-21-17-23(11-12-26(21)34)28(36)31-20-30)32-19-27(35)22-7-6-8-24(18-22)33-39(37,38)25-9-4-3-5-10-25/h3-13,15,17-18,27,32-33,35H,14,16,19H2,1-2H3,(H,31,36)/t27-/m0/s1. The molecule has 9 nitrogen and oxygen atoms in total. The zero-order chi connectivity index (χ0) is 28.0. The monoisotopic (exact) mass is 545 g/mol. The highest BCUT2D eigenvalue weighted by atomic mass is 32.2. The van der Waals surface area contributed by atoms with E-state index in [0.717, 1.165) is 17.3 Å². The van der Waals surface area contributed by atoms with Crippen LogP contribution in [0.15, 0.2) is 90.0 Å². The van der Waals surface area contributed by atoms with E-state index in [1.54, 1.807) is 60.8 Å². The van der Waals surface area contributed by atoms with Crippen molar-refractivity contribution < 1.29 is 18.3 Å². The number of amides is 1. The van der Waals surface area contributed by atoms with Crippen molar-refractivity contribution in [2.75, 3.05) is 11.3 Å². The SMILES string of the molecule is CC(C)(CCn1ccc2cc(C(=O)NC#N)ccc21)NC[C@H](O)c1cccc(NS(=O)(=O)c2ccccc2)c1. The number of carbonyl (C=O) groups excluding carboxylic acids is 1. The molecule has 1 atom stereocenters. The first-order valence-electron chi connectivity index (χ1n) is 12.5. The number of aryl methyl sites for hydroxylation is 1. The van der Waals surface area contributed by atoms with E-state index in [-0.39, 0.29) is 17.0 Å². The first-order chi connectivity index (χ1) is 18.6. The Morgan fingerprint density at radius 3 is 2.56 bits per heavy atom. The highest BCUT2D eigenvalue weighted by Crippen LogP contribution is 2.23. The van der Waals surface area contributed by atoms with Crippen molar-refractivity contribution in [2.45, 2.75) is 43.4 Å². The molecule has 39 heavy (non-hydrogen) atoms. The molecule has 3 aromatic carbocycles. The van der Waals surface area contributed by atoms with Gasteiger partial charge in [-0.2, -0.15) is 5.26 Å². The fourth-order valence-electron chi connectivity index (χ4n) is 4.26. The number of rotatable bonds is 11. The first-order valence-corrected chi connectivity index (χ1v) is 14.0. The van der Waals surface area contributed by atoms with Gasteiger partial charge in [0.25, 0.3) is 15.9 Å². The number of sulfonamides is 1. The number of hydrogen-bond acceptors (Lipinski definition) is 6. The maximum atomic E-state index is 12.6. The van der Waals surface area contributed by atoms with Gasteiger partial charge < -0.3 is 15.0 Å². The fourth-order valence-corrected chi connectivity index (χ4v) is 5.33. The van der Waals surface area contributed by atoms with E-state index in [0.29, 0.717) is 23.4 Å². The van der Waals surface area contributed by atoms with Crippen molar-refractivity contribution in [3.05, 3.63) is 96.2 Å². The van der Waals surface area contributed by atoms with Crippen LogP contribution in [0.25, 0.3) is 10.9 Å². The molecular formula is C29H31N5O4S. The molecule has 1 amide bonds. The van der Waals surface area contributed by atoms with Gasteiger partial charge in [0.1, 0.15) is 0 Å². The van der Waals surface area contributed by atoms with Gasteiger partial charge in [-0.3, -0.25) is 14.8 Å². The minimum Gasteiger partial charge on any atom is -0.387 e. The van der Waals surface area contributed by atoms with Crippen LogP contribution in [0.5, 0.6) is 0 Å². The van der Waals surface area contributed by atoms with Crippen molar-refractivity contribution >= 4 is 32.5 Å². The number of nitriles is 1. The van der Waals surface area contributed by atoms with Gasteiger partial charge in [-0.05, 0) is 74.4 Å². The quantitative estimate of drug-likeness (QED) is 0.165. The summed E-state index contributed by atoms with van der Waals surface area (Å²) in [6, 6.07) is 22.1. The molecule has 0 saturated carbocycles. The van der Waals surface area contributed by atoms with Crippen molar-refractivity contribution in [3.8, 4) is 6.19 Å². The van der Waals surface area contributed by atoms with E-state index in [9.17, 15) is 18.3 Å². The molecule has 4 aromatic rings. The smallest absolute Gasteiger partial charge is 0.264 e. The van der Waals surface area contributed by atoms with Crippen LogP contribution in [0.3, 0.4) is 0 Å². The van der Waals surface area contributed by atoms with Gasteiger partial charge >= 0.3 is 0 Å². The summed E-state index contributed by atoms with van der Waals surface area (Å²) >= 11 is 0. The van der Waals surface area contributed by atoms with E-state index in [2.05, 4.69) is 33.8 Å². The second-order valence-electron chi connectivity index (χ2n) is 9.92. The normalized spacial score (nSPS) is 12.6. The predicted molar refractivity (Wildman–Crippen MR) is 150 cm³/mol. The van der Waals surface area contributed by atoms with Crippen molar-refractivity contribution in [1.29, 1.82) is 5.26 Å². The second kappa shape index (κ2) is 11.7. The number of benzene rings is 3. The highest BCUT2D eigenvalue weighted by molar-refractivity contribution is 7.92. The molecule has 0 spiro atoms. The number of nitrogens with one attached hydrogen (secondary N) is 3. The molecule has 1 heterocycles. The highest BCUT2D eigenvalue weighted by Gasteiger charge is 2.20. The number of nitrogens with zero attached hydrogens (tertiary/aromatic N) is 2. The second-order valence-corrected chi connectivity index (χ2v) is 11.6. The number of anilines is 1. The first kappa shape index (κ1) is 27.9. The number of carbonyl (C=O) groups is 1. The Morgan fingerprint density at radius 1 is 1.05 bits per heavy atom. The van der Waals surface area contributed by atoms with E-state index in [1.165, 1.54) is 12.1 Å². The molecule has 0 fully saturated rings. The van der Waals surface area contributed by atoms with Crippen molar-refractivity contribution in [3.63, 3.8) is 0 Å². The summed E-state index contributed by atoms with van der Waals surface area (Å²) in [5.41, 5.74) is 2.07. The average molecular weight is 546 g/mol. The van der Waals surface area contributed by atoms with Crippen LogP contribution in [0.2, 0.25) is 0 Å². The molecule has 4 N–H and O–H groups in total. The number of aliphatic hydroxyl groups excluding tert-OH is 1. The number of aliphatic hydroxyl groups is 1. The third-order valence-corrected chi connectivity index (χ3v) is 7.93. The van der Waals surface area contributed by atoms with Crippen LogP contribution in [0, 0.1) is 11.5 Å². The lowest BCUT2D eigenvalue weighted by molar-refractivity contribution is 0.0973. The number of fused-ring (bicyclic) bond motifs is 1. The third kappa shape index (κ3) is 7.03. The van der Waals surface area contributed by atoms with Gasteiger partial charge in [-0.1, -0.05) is 30.3 Å². The summed E-state index contributed by atoms with van der Waals surface area (Å²) < 4.78 is 30.0. The molecular weight excluding hydrogens is 514 g/mol. The molecule has 0 unspecified atom stereocenters. The van der Waals surface area contributed by atoms with Crippen LogP contribution >= 0.6 is 0 Å². The molecule has 0 saturated heterocycles.